The lowest BCUT2D eigenvalue weighted by molar-refractivity contribution is 0.0723. The number of hydrogen-bond donors (Lipinski definition) is 1. The van der Waals surface area contributed by atoms with Crippen molar-refractivity contribution in [2.24, 2.45) is 0 Å². The predicted molar refractivity (Wildman–Crippen MR) is 78.5 cm³/mol. The number of nitrogen functional groups attached to an aromatic ring is 1. The fourth-order valence-electron chi connectivity index (χ4n) is 2.17. The Balaban J connectivity index is 2.91. The van der Waals surface area contributed by atoms with E-state index >= 15 is 0 Å². The summed E-state index contributed by atoms with van der Waals surface area (Å²) in [5.41, 5.74) is 7.00. The highest BCUT2D eigenvalue weighted by Crippen LogP contribution is 2.23. The predicted octanol–water partition coefficient (Wildman–Crippen LogP) is 2.93. The quantitative estimate of drug-likeness (QED) is 0.804. The van der Waals surface area contributed by atoms with E-state index in [4.69, 9.17) is 10.5 Å². The van der Waals surface area contributed by atoms with E-state index in [0.29, 0.717) is 23.6 Å². The number of nitrogens with zero attached hydrogens (tertiary/aromatic N) is 1. The molecule has 0 radical (unpaired) electrons. The molecule has 106 valence electrons. The summed E-state index contributed by atoms with van der Waals surface area (Å²) in [5, 5.41) is 0. The Morgan fingerprint density at radius 2 is 1.95 bits per heavy atom. The number of hydrogen-bond acceptors (Lipinski definition) is 3. The third-order valence-corrected chi connectivity index (χ3v) is 3.37. The van der Waals surface area contributed by atoms with E-state index in [2.05, 4.69) is 13.8 Å². The van der Waals surface area contributed by atoms with E-state index in [1.807, 2.05) is 14.0 Å². The topological polar surface area (TPSA) is 55.6 Å². The molecule has 0 heterocycles. The minimum Gasteiger partial charge on any atom is -0.492 e. The average Bonchev–Trinajstić information content (AvgIpc) is 2.41. The SMILES string of the molecule is CCOc1ccc(C(=O)N(C)C(CC)CC)cc1N. The molecule has 0 saturated carbocycles. The molecule has 0 aliphatic rings. The van der Waals surface area contributed by atoms with Crippen LogP contribution >= 0.6 is 0 Å². The van der Waals surface area contributed by atoms with Gasteiger partial charge in [-0.2, -0.15) is 0 Å². The number of carbonyl (C=O) groups is 1. The number of anilines is 1. The minimum atomic E-state index is 0.00319. The molecule has 0 aliphatic carbocycles. The van der Waals surface area contributed by atoms with Gasteiger partial charge in [0.05, 0.1) is 12.3 Å². The van der Waals surface area contributed by atoms with Gasteiger partial charge in [0.2, 0.25) is 0 Å². The maximum absolute atomic E-state index is 12.4. The average molecular weight is 264 g/mol. The monoisotopic (exact) mass is 264 g/mol. The molecule has 1 rings (SSSR count). The first-order valence-electron chi connectivity index (χ1n) is 6.84. The van der Waals surface area contributed by atoms with Crippen molar-refractivity contribution in [3.8, 4) is 5.75 Å². The fraction of sp³-hybridized carbons (Fsp3) is 0.533. The van der Waals surface area contributed by atoms with Gasteiger partial charge >= 0.3 is 0 Å². The van der Waals surface area contributed by atoms with Crippen molar-refractivity contribution in [2.75, 3.05) is 19.4 Å². The van der Waals surface area contributed by atoms with Crippen LogP contribution in [0.5, 0.6) is 5.75 Å². The number of ether oxygens (including phenoxy) is 1. The lowest BCUT2D eigenvalue weighted by Crippen LogP contribution is -2.36. The molecule has 0 aromatic heterocycles. The van der Waals surface area contributed by atoms with Crippen LogP contribution in [0.4, 0.5) is 5.69 Å². The van der Waals surface area contributed by atoms with E-state index in [9.17, 15) is 4.79 Å². The summed E-state index contributed by atoms with van der Waals surface area (Å²) < 4.78 is 5.37. The van der Waals surface area contributed by atoms with Crippen LogP contribution in [0, 0.1) is 0 Å². The Labute approximate surface area is 115 Å². The molecular weight excluding hydrogens is 240 g/mol. The second-order valence-corrected chi connectivity index (χ2v) is 4.57. The molecule has 4 nitrogen and oxygen atoms in total. The summed E-state index contributed by atoms with van der Waals surface area (Å²) in [4.78, 5) is 14.1. The normalized spacial score (nSPS) is 10.6. The highest BCUT2D eigenvalue weighted by atomic mass is 16.5. The van der Waals surface area contributed by atoms with E-state index in [1.54, 1.807) is 23.1 Å². The van der Waals surface area contributed by atoms with Crippen molar-refractivity contribution >= 4 is 11.6 Å². The van der Waals surface area contributed by atoms with Crippen LogP contribution in [0.2, 0.25) is 0 Å². The molecule has 0 saturated heterocycles. The second-order valence-electron chi connectivity index (χ2n) is 4.57. The Morgan fingerprint density at radius 3 is 2.42 bits per heavy atom. The Bertz CT molecular complexity index is 428. The first kappa shape index (κ1) is 15.3. The fourth-order valence-corrected chi connectivity index (χ4v) is 2.17. The largest absolute Gasteiger partial charge is 0.492 e. The number of benzene rings is 1. The molecule has 2 N–H and O–H groups in total. The summed E-state index contributed by atoms with van der Waals surface area (Å²) in [6, 6.07) is 5.47. The van der Waals surface area contributed by atoms with Gasteiger partial charge in [-0.3, -0.25) is 4.79 Å². The van der Waals surface area contributed by atoms with Gasteiger partial charge in [-0.05, 0) is 38.0 Å². The molecular formula is C15H24N2O2. The maximum Gasteiger partial charge on any atom is 0.253 e. The number of rotatable bonds is 6. The van der Waals surface area contributed by atoms with Gasteiger partial charge in [-0.15, -0.1) is 0 Å². The van der Waals surface area contributed by atoms with Crippen molar-refractivity contribution in [3.05, 3.63) is 23.8 Å². The highest BCUT2D eigenvalue weighted by Gasteiger charge is 2.19. The van der Waals surface area contributed by atoms with E-state index in [0.717, 1.165) is 12.8 Å². The zero-order valence-corrected chi connectivity index (χ0v) is 12.3. The van der Waals surface area contributed by atoms with Crippen LogP contribution in [-0.2, 0) is 0 Å². The van der Waals surface area contributed by atoms with E-state index in [1.165, 1.54) is 0 Å². The van der Waals surface area contributed by atoms with Gasteiger partial charge in [-0.1, -0.05) is 13.8 Å². The second kappa shape index (κ2) is 7.02. The summed E-state index contributed by atoms with van der Waals surface area (Å²) in [6.07, 6.45) is 1.90. The third-order valence-electron chi connectivity index (χ3n) is 3.37. The van der Waals surface area contributed by atoms with Crippen molar-refractivity contribution in [3.63, 3.8) is 0 Å². The molecule has 1 aromatic rings. The van der Waals surface area contributed by atoms with Crippen molar-refractivity contribution in [1.29, 1.82) is 0 Å². The lowest BCUT2D eigenvalue weighted by atomic mass is 10.1. The number of amides is 1. The number of nitrogens with two attached hydrogens (primary N) is 1. The van der Waals surface area contributed by atoms with Crippen LogP contribution in [0.25, 0.3) is 0 Å². The zero-order valence-electron chi connectivity index (χ0n) is 12.3. The minimum absolute atomic E-state index is 0.00319. The molecule has 0 bridgehead atoms. The van der Waals surface area contributed by atoms with Crippen LogP contribution < -0.4 is 10.5 Å². The van der Waals surface area contributed by atoms with Gasteiger partial charge in [0.1, 0.15) is 5.75 Å². The molecule has 0 fully saturated rings. The summed E-state index contributed by atoms with van der Waals surface area (Å²) in [6.45, 7) is 6.64. The molecule has 4 heteroatoms. The maximum atomic E-state index is 12.4. The first-order chi connectivity index (χ1) is 9.04. The molecule has 0 spiro atoms. The third kappa shape index (κ3) is 3.63. The molecule has 19 heavy (non-hydrogen) atoms. The van der Waals surface area contributed by atoms with Gasteiger partial charge in [-0.25, -0.2) is 0 Å². The van der Waals surface area contributed by atoms with Gasteiger partial charge in [0.25, 0.3) is 5.91 Å². The van der Waals surface area contributed by atoms with Gasteiger partial charge in [0.15, 0.2) is 0 Å². The van der Waals surface area contributed by atoms with Crippen LogP contribution in [0.15, 0.2) is 18.2 Å². The summed E-state index contributed by atoms with van der Waals surface area (Å²) in [5.74, 6) is 0.632. The van der Waals surface area contributed by atoms with Crippen LogP contribution in [0.3, 0.4) is 0 Å². The van der Waals surface area contributed by atoms with Crippen LogP contribution in [0.1, 0.15) is 44.0 Å². The molecule has 0 atom stereocenters. The Kier molecular flexibility index (Phi) is 5.67. The summed E-state index contributed by atoms with van der Waals surface area (Å²) >= 11 is 0. The zero-order chi connectivity index (χ0) is 14.4. The van der Waals surface area contributed by atoms with Crippen LogP contribution in [-0.4, -0.2) is 30.5 Å². The molecule has 1 amide bonds. The van der Waals surface area contributed by atoms with Crippen molar-refractivity contribution < 1.29 is 9.53 Å². The van der Waals surface area contributed by atoms with Gasteiger partial charge < -0.3 is 15.4 Å². The first-order valence-corrected chi connectivity index (χ1v) is 6.84. The molecule has 0 unspecified atom stereocenters. The molecule has 0 aliphatic heterocycles. The van der Waals surface area contributed by atoms with Crippen molar-refractivity contribution in [2.45, 2.75) is 39.7 Å². The van der Waals surface area contributed by atoms with Gasteiger partial charge in [0, 0.05) is 18.7 Å². The van der Waals surface area contributed by atoms with Crippen molar-refractivity contribution in [1.82, 2.24) is 4.90 Å². The molecule has 1 aromatic carbocycles. The smallest absolute Gasteiger partial charge is 0.253 e. The Hall–Kier alpha value is -1.71. The summed E-state index contributed by atoms with van der Waals surface area (Å²) in [7, 11) is 1.84. The van der Waals surface area contributed by atoms with E-state index in [-0.39, 0.29) is 11.9 Å². The standard InChI is InChI=1S/C15H24N2O2/c1-5-12(6-2)17(4)15(18)11-8-9-14(19-7-3)13(16)10-11/h8-10,12H,5-7,16H2,1-4H3. The Morgan fingerprint density at radius 1 is 1.32 bits per heavy atom. The van der Waals surface area contributed by atoms with E-state index < -0.39 is 0 Å². The number of carbonyl (C=O) groups excluding carboxylic acids is 1. The lowest BCUT2D eigenvalue weighted by Gasteiger charge is -2.26. The highest BCUT2D eigenvalue weighted by molar-refractivity contribution is 5.95.